The summed E-state index contributed by atoms with van der Waals surface area (Å²) in [4.78, 5) is 37.8. The van der Waals surface area contributed by atoms with Crippen molar-refractivity contribution in [1.29, 1.82) is 0 Å². The molecule has 2 heterocycles. The van der Waals surface area contributed by atoms with Gasteiger partial charge in [-0.1, -0.05) is 23.7 Å². The van der Waals surface area contributed by atoms with Crippen molar-refractivity contribution in [1.82, 2.24) is 15.1 Å². The summed E-state index contributed by atoms with van der Waals surface area (Å²) in [5.41, 5.74) is 0.264. The Labute approximate surface area is 148 Å². The Hall–Kier alpha value is -2.87. The van der Waals surface area contributed by atoms with Crippen LogP contribution in [-0.2, 0) is 9.53 Å². The fourth-order valence-corrected chi connectivity index (χ4v) is 2.85. The highest BCUT2D eigenvalue weighted by Gasteiger charge is 2.22. The summed E-state index contributed by atoms with van der Waals surface area (Å²) in [7, 11) is 1.26. The van der Waals surface area contributed by atoms with Crippen LogP contribution in [0.25, 0.3) is 5.69 Å². The molecule has 1 aliphatic heterocycles. The predicted octanol–water partition coefficient (Wildman–Crippen LogP) is 0.609. The standard InChI is InChI=1S/C16H15ClN4O4/c1-25-16(24)10-4-2-3-5-11(10)21-15(23)14(17)12(8-19-21)20-7-6-18-13(22)9-20/h2-5,8H,6-7,9H2,1H3,(H,18,22). The summed E-state index contributed by atoms with van der Waals surface area (Å²) >= 11 is 6.23. The number of carbonyl (C=O) groups is 2. The molecule has 1 fully saturated rings. The van der Waals surface area contributed by atoms with Crippen LogP contribution in [0, 0.1) is 0 Å². The van der Waals surface area contributed by atoms with Crippen LogP contribution in [0.15, 0.2) is 35.3 Å². The van der Waals surface area contributed by atoms with Crippen molar-refractivity contribution in [2.75, 3.05) is 31.6 Å². The maximum atomic E-state index is 12.7. The number of nitrogens with zero attached hydrogens (tertiary/aromatic N) is 3. The van der Waals surface area contributed by atoms with E-state index in [0.717, 1.165) is 4.68 Å². The first-order valence-electron chi connectivity index (χ1n) is 7.50. The molecular weight excluding hydrogens is 348 g/mol. The molecule has 130 valence electrons. The smallest absolute Gasteiger partial charge is 0.340 e. The van der Waals surface area contributed by atoms with Gasteiger partial charge in [0, 0.05) is 13.1 Å². The van der Waals surface area contributed by atoms with E-state index in [4.69, 9.17) is 16.3 Å². The van der Waals surface area contributed by atoms with Crippen LogP contribution >= 0.6 is 11.6 Å². The van der Waals surface area contributed by atoms with Crippen LogP contribution in [0.2, 0.25) is 5.02 Å². The van der Waals surface area contributed by atoms with Gasteiger partial charge in [0.1, 0.15) is 5.02 Å². The molecule has 0 unspecified atom stereocenters. The van der Waals surface area contributed by atoms with Crippen LogP contribution in [0.5, 0.6) is 0 Å². The van der Waals surface area contributed by atoms with Crippen molar-refractivity contribution in [3.05, 3.63) is 51.4 Å². The van der Waals surface area contributed by atoms with E-state index in [-0.39, 0.29) is 28.7 Å². The lowest BCUT2D eigenvalue weighted by Crippen LogP contribution is -2.48. The Kier molecular flexibility index (Phi) is 4.71. The molecule has 0 radical (unpaired) electrons. The molecule has 3 rings (SSSR count). The molecule has 0 saturated carbocycles. The summed E-state index contributed by atoms with van der Waals surface area (Å²) in [5, 5.41) is 6.76. The van der Waals surface area contributed by atoms with E-state index < -0.39 is 11.5 Å². The Morgan fingerprint density at radius 3 is 2.76 bits per heavy atom. The number of benzene rings is 1. The minimum Gasteiger partial charge on any atom is -0.465 e. The lowest BCUT2D eigenvalue weighted by molar-refractivity contribution is -0.120. The zero-order valence-electron chi connectivity index (χ0n) is 13.4. The number of para-hydroxylation sites is 1. The van der Waals surface area contributed by atoms with E-state index in [0.29, 0.717) is 18.8 Å². The van der Waals surface area contributed by atoms with Gasteiger partial charge < -0.3 is 15.0 Å². The first-order valence-corrected chi connectivity index (χ1v) is 7.88. The number of aromatic nitrogens is 2. The van der Waals surface area contributed by atoms with Crippen LogP contribution in [0.3, 0.4) is 0 Å². The Balaban J connectivity index is 2.06. The van der Waals surface area contributed by atoms with Gasteiger partial charge in [0.2, 0.25) is 5.91 Å². The van der Waals surface area contributed by atoms with Gasteiger partial charge in [-0.25, -0.2) is 4.79 Å². The van der Waals surface area contributed by atoms with Crippen molar-refractivity contribution < 1.29 is 14.3 Å². The highest BCUT2D eigenvalue weighted by Crippen LogP contribution is 2.23. The van der Waals surface area contributed by atoms with E-state index in [1.54, 1.807) is 23.1 Å². The third kappa shape index (κ3) is 3.20. The minimum absolute atomic E-state index is 0.0654. The number of carbonyl (C=O) groups excluding carboxylic acids is 2. The number of rotatable bonds is 3. The van der Waals surface area contributed by atoms with Gasteiger partial charge in [-0.05, 0) is 12.1 Å². The Bertz CT molecular complexity index is 896. The molecular formula is C16H15ClN4O4. The van der Waals surface area contributed by atoms with E-state index in [9.17, 15) is 14.4 Å². The van der Waals surface area contributed by atoms with E-state index >= 15 is 0 Å². The van der Waals surface area contributed by atoms with Crippen molar-refractivity contribution >= 4 is 29.2 Å². The van der Waals surface area contributed by atoms with Gasteiger partial charge in [-0.15, -0.1) is 0 Å². The lowest BCUT2D eigenvalue weighted by atomic mass is 10.2. The SMILES string of the molecule is COC(=O)c1ccccc1-n1ncc(N2CCNC(=O)C2)c(Cl)c1=O. The molecule has 1 N–H and O–H groups in total. The number of anilines is 1. The highest BCUT2D eigenvalue weighted by molar-refractivity contribution is 6.33. The second-order valence-corrected chi connectivity index (χ2v) is 5.72. The number of nitrogens with one attached hydrogen (secondary N) is 1. The van der Waals surface area contributed by atoms with Gasteiger partial charge in [-0.2, -0.15) is 9.78 Å². The molecule has 8 nitrogen and oxygen atoms in total. The summed E-state index contributed by atoms with van der Waals surface area (Å²) in [6.07, 6.45) is 1.41. The van der Waals surface area contributed by atoms with Crippen molar-refractivity contribution in [3.8, 4) is 5.69 Å². The molecule has 0 spiro atoms. The third-order valence-electron chi connectivity index (χ3n) is 3.82. The van der Waals surface area contributed by atoms with Gasteiger partial charge >= 0.3 is 5.97 Å². The first-order chi connectivity index (χ1) is 12.0. The largest absolute Gasteiger partial charge is 0.465 e. The topological polar surface area (TPSA) is 93.5 Å². The highest BCUT2D eigenvalue weighted by atomic mass is 35.5. The average molecular weight is 363 g/mol. The normalized spacial score (nSPS) is 14.2. The molecule has 0 bridgehead atoms. The molecule has 2 aromatic rings. The molecule has 25 heavy (non-hydrogen) atoms. The molecule has 1 aromatic carbocycles. The zero-order chi connectivity index (χ0) is 18.0. The maximum Gasteiger partial charge on any atom is 0.340 e. The zero-order valence-corrected chi connectivity index (χ0v) is 14.1. The molecule has 1 aliphatic rings. The number of methoxy groups -OCH3 is 1. The van der Waals surface area contributed by atoms with Crippen LogP contribution < -0.4 is 15.8 Å². The van der Waals surface area contributed by atoms with Crippen LogP contribution in [0.4, 0.5) is 5.69 Å². The van der Waals surface area contributed by atoms with Gasteiger partial charge in [0.15, 0.2) is 0 Å². The summed E-state index contributed by atoms with van der Waals surface area (Å²) in [6.45, 7) is 1.09. The van der Waals surface area contributed by atoms with Crippen molar-refractivity contribution in [2.45, 2.75) is 0 Å². The summed E-state index contributed by atoms with van der Waals surface area (Å²) in [5.74, 6) is -0.736. The number of esters is 1. The second kappa shape index (κ2) is 6.94. The van der Waals surface area contributed by atoms with Crippen LogP contribution in [-0.4, -0.2) is 48.4 Å². The number of hydrogen-bond donors (Lipinski definition) is 1. The molecule has 9 heteroatoms. The van der Waals surface area contributed by atoms with Crippen LogP contribution in [0.1, 0.15) is 10.4 Å². The number of hydrogen-bond acceptors (Lipinski definition) is 6. The second-order valence-electron chi connectivity index (χ2n) is 5.34. The van der Waals surface area contributed by atoms with Gasteiger partial charge in [0.25, 0.3) is 5.56 Å². The summed E-state index contributed by atoms with van der Waals surface area (Å²) in [6, 6.07) is 6.44. The predicted molar refractivity (Wildman–Crippen MR) is 91.4 cm³/mol. The lowest BCUT2D eigenvalue weighted by Gasteiger charge is -2.28. The minimum atomic E-state index is -0.586. The monoisotopic (exact) mass is 362 g/mol. The molecule has 0 atom stereocenters. The Morgan fingerprint density at radius 1 is 1.28 bits per heavy atom. The third-order valence-corrected chi connectivity index (χ3v) is 4.17. The van der Waals surface area contributed by atoms with E-state index in [1.807, 2.05) is 0 Å². The maximum absolute atomic E-state index is 12.7. The number of amides is 1. The van der Waals surface area contributed by atoms with Crippen molar-refractivity contribution in [3.63, 3.8) is 0 Å². The van der Waals surface area contributed by atoms with Gasteiger partial charge in [0.05, 0.1) is 36.8 Å². The fraction of sp³-hybridized carbons (Fsp3) is 0.250. The van der Waals surface area contributed by atoms with E-state index in [1.165, 1.54) is 19.4 Å². The molecule has 1 aromatic heterocycles. The number of halogens is 1. The molecule has 1 amide bonds. The van der Waals surface area contributed by atoms with Gasteiger partial charge in [-0.3, -0.25) is 9.59 Å². The fourth-order valence-electron chi connectivity index (χ4n) is 2.60. The number of piperazine rings is 1. The first kappa shape index (κ1) is 17.0. The molecule has 0 aliphatic carbocycles. The average Bonchev–Trinajstić information content (AvgIpc) is 2.63. The van der Waals surface area contributed by atoms with Crippen molar-refractivity contribution in [2.24, 2.45) is 0 Å². The number of ether oxygens (including phenoxy) is 1. The molecule has 1 saturated heterocycles. The summed E-state index contributed by atoms with van der Waals surface area (Å²) < 4.78 is 5.78. The Morgan fingerprint density at radius 2 is 2.04 bits per heavy atom. The van der Waals surface area contributed by atoms with E-state index in [2.05, 4.69) is 10.4 Å². The quantitative estimate of drug-likeness (QED) is 0.804.